The zero-order valence-electron chi connectivity index (χ0n) is 17.4. The standard InChI is InChI=1S/C23H25F2NO4S/c1-13-3-4-14(22(27)26-17-7-8-19(24)20(25)12-17)9-21(13)31(29,30)18-10-15-5-6-16(11-18)23(15,2)28/h3-4,7-9,12,15-16,18,28H,5-6,10-11H2,1-2H3,(H,26,27)/t15-,16?,18?,23-/m0/s1. The van der Waals surface area contributed by atoms with Gasteiger partial charge in [-0.2, -0.15) is 0 Å². The molecule has 2 aliphatic carbocycles. The van der Waals surface area contributed by atoms with Crippen molar-refractivity contribution in [3.63, 3.8) is 0 Å². The van der Waals surface area contributed by atoms with Gasteiger partial charge in [0.1, 0.15) is 0 Å². The van der Waals surface area contributed by atoms with E-state index < -0.39 is 38.2 Å². The van der Waals surface area contributed by atoms with Crippen molar-refractivity contribution >= 4 is 21.4 Å². The smallest absolute Gasteiger partial charge is 0.255 e. The molecule has 5 nitrogen and oxygen atoms in total. The number of carbonyl (C=O) groups is 1. The maximum atomic E-state index is 13.4. The predicted octanol–water partition coefficient (Wildman–Crippen LogP) is 4.24. The minimum atomic E-state index is -3.71. The van der Waals surface area contributed by atoms with Gasteiger partial charge in [0.05, 0.1) is 15.7 Å². The van der Waals surface area contributed by atoms with Crippen molar-refractivity contribution in [3.05, 3.63) is 59.2 Å². The minimum Gasteiger partial charge on any atom is -0.390 e. The normalized spacial score (nSPS) is 27.8. The zero-order valence-corrected chi connectivity index (χ0v) is 18.2. The molecule has 31 heavy (non-hydrogen) atoms. The molecule has 2 aromatic rings. The summed E-state index contributed by atoms with van der Waals surface area (Å²) in [5, 5.41) is 12.5. The fourth-order valence-corrected chi connectivity index (χ4v) is 7.16. The highest BCUT2D eigenvalue weighted by Gasteiger charge is 2.53. The van der Waals surface area contributed by atoms with Crippen LogP contribution in [-0.2, 0) is 9.84 Å². The van der Waals surface area contributed by atoms with Gasteiger partial charge in [-0.05, 0) is 81.2 Å². The van der Waals surface area contributed by atoms with Gasteiger partial charge in [0.2, 0.25) is 0 Å². The van der Waals surface area contributed by atoms with Crippen molar-refractivity contribution in [2.24, 2.45) is 11.8 Å². The molecule has 8 heteroatoms. The van der Waals surface area contributed by atoms with Crippen LogP contribution in [-0.4, -0.2) is 30.3 Å². The average molecular weight is 450 g/mol. The Morgan fingerprint density at radius 2 is 1.71 bits per heavy atom. The Bertz CT molecular complexity index is 1130. The summed E-state index contributed by atoms with van der Waals surface area (Å²) >= 11 is 0. The molecule has 2 aliphatic rings. The van der Waals surface area contributed by atoms with E-state index in [9.17, 15) is 27.1 Å². The van der Waals surface area contributed by atoms with E-state index in [0.717, 1.165) is 25.0 Å². The quantitative estimate of drug-likeness (QED) is 0.732. The van der Waals surface area contributed by atoms with Gasteiger partial charge < -0.3 is 10.4 Å². The van der Waals surface area contributed by atoms with Gasteiger partial charge in [-0.3, -0.25) is 4.79 Å². The van der Waals surface area contributed by atoms with E-state index in [2.05, 4.69) is 5.32 Å². The lowest BCUT2D eigenvalue weighted by molar-refractivity contribution is -0.0413. The Morgan fingerprint density at radius 1 is 1.06 bits per heavy atom. The lowest BCUT2D eigenvalue weighted by Gasteiger charge is -2.40. The summed E-state index contributed by atoms with van der Waals surface area (Å²) in [6, 6.07) is 7.41. The van der Waals surface area contributed by atoms with Crippen LogP contribution in [0.5, 0.6) is 0 Å². The van der Waals surface area contributed by atoms with E-state index in [1.807, 2.05) is 0 Å². The Balaban J connectivity index is 1.60. The van der Waals surface area contributed by atoms with E-state index in [1.54, 1.807) is 19.9 Å². The van der Waals surface area contributed by atoms with Gasteiger partial charge in [0.15, 0.2) is 21.5 Å². The van der Waals surface area contributed by atoms with Crippen LogP contribution >= 0.6 is 0 Å². The molecule has 1 amide bonds. The van der Waals surface area contributed by atoms with Crippen molar-refractivity contribution in [1.82, 2.24) is 0 Å². The summed E-state index contributed by atoms with van der Waals surface area (Å²) in [5.41, 5.74) is -0.110. The molecule has 2 aromatic carbocycles. The highest BCUT2D eigenvalue weighted by molar-refractivity contribution is 7.92. The maximum absolute atomic E-state index is 13.4. The summed E-state index contributed by atoms with van der Waals surface area (Å²) in [4.78, 5) is 12.7. The molecule has 0 aromatic heterocycles. The molecule has 166 valence electrons. The molecule has 2 N–H and O–H groups in total. The summed E-state index contributed by atoms with van der Waals surface area (Å²) in [6.07, 6.45) is 2.44. The molecule has 2 unspecified atom stereocenters. The maximum Gasteiger partial charge on any atom is 0.255 e. The van der Waals surface area contributed by atoms with Crippen molar-refractivity contribution in [2.75, 3.05) is 5.32 Å². The van der Waals surface area contributed by atoms with Crippen molar-refractivity contribution in [1.29, 1.82) is 0 Å². The van der Waals surface area contributed by atoms with Gasteiger partial charge >= 0.3 is 0 Å². The van der Waals surface area contributed by atoms with Gasteiger partial charge in [0.25, 0.3) is 5.91 Å². The Morgan fingerprint density at radius 3 is 2.32 bits per heavy atom. The van der Waals surface area contributed by atoms with Gasteiger partial charge in [-0.15, -0.1) is 0 Å². The fraction of sp³-hybridized carbons (Fsp3) is 0.435. The van der Waals surface area contributed by atoms with E-state index in [4.69, 9.17) is 0 Å². The first-order chi connectivity index (χ1) is 14.5. The number of nitrogens with one attached hydrogen (secondary N) is 1. The number of fused-ring (bicyclic) bond motifs is 2. The van der Waals surface area contributed by atoms with E-state index in [0.29, 0.717) is 18.4 Å². The number of sulfone groups is 1. The topological polar surface area (TPSA) is 83.5 Å². The van der Waals surface area contributed by atoms with Crippen LogP contribution < -0.4 is 5.32 Å². The van der Waals surface area contributed by atoms with E-state index >= 15 is 0 Å². The number of rotatable bonds is 4. The molecule has 0 spiro atoms. The number of carbonyl (C=O) groups excluding carboxylic acids is 1. The molecule has 2 fully saturated rings. The third-order valence-electron chi connectivity index (χ3n) is 6.98. The molecule has 0 aliphatic heterocycles. The van der Waals surface area contributed by atoms with Crippen molar-refractivity contribution < 1.29 is 27.1 Å². The average Bonchev–Trinajstić information content (AvgIpc) is 2.87. The van der Waals surface area contributed by atoms with Crippen molar-refractivity contribution in [2.45, 2.75) is 55.3 Å². The third kappa shape index (κ3) is 3.87. The molecule has 4 rings (SSSR count). The van der Waals surface area contributed by atoms with E-state index in [-0.39, 0.29) is 28.0 Å². The Labute approximate surface area is 180 Å². The highest BCUT2D eigenvalue weighted by atomic mass is 32.2. The number of amides is 1. The molecular weight excluding hydrogens is 424 g/mol. The first-order valence-corrected chi connectivity index (χ1v) is 11.9. The largest absolute Gasteiger partial charge is 0.390 e. The van der Waals surface area contributed by atoms with Gasteiger partial charge in [-0.25, -0.2) is 17.2 Å². The number of hydrogen-bond donors (Lipinski definition) is 2. The summed E-state index contributed by atoms with van der Waals surface area (Å²) < 4.78 is 53.4. The minimum absolute atomic E-state index is 0.0498. The van der Waals surface area contributed by atoms with E-state index in [1.165, 1.54) is 18.2 Å². The fourth-order valence-electron chi connectivity index (χ4n) is 5.02. The molecule has 0 saturated heterocycles. The zero-order chi connectivity index (χ0) is 22.6. The number of anilines is 1. The number of aryl methyl sites for hydroxylation is 1. The lowest BCUT2D eigenvalue weighted by Crippen LogP contribution is -2.45. The number of halogens is 2. The van der Waals surface area contributed by atoms with Crippen LogP contribution in [0, 0.1) is 30.4 Å². The summed E-state index contributed by atoms with van der Waals surface area (Å²) in [6.45, 7) is 3.48. The van der Waals surface area contributed by atoms with Crippen LogP contribution in [0.15, 0.2) is 41.3 Å². The van der Waals surface area contributed by atoms with Gasteiger partial charge in [0, 0.05) is 17.3 Å². The van der Waals surface area contributed by atoms with Crippen LogP contribution in [0.2, 0.25) is 0 Å². The van der Waals surface area contributed by atoms with Gasteiger partial charge in [-0.1, -0.05) is 6.07 Å². The molecule has 0 heterocycles. The highest BCUT2D eigenvalue weighted by Crippen LogP contribution is 2.51. The first kappa shape index (κ1) is 21.9. The third-order valence-corrected chi connectivity index (χ3v) is 9.30. The molecule has 2 saturated carbocycles. The second-order valence-corrected chi connectivity index (χ2v) is 11.1. The molecule has 4 atom stereocenters. The van der Waals surface area contributed by atoms with Crippen LogP contribution in [0.4, 0.5) is 14.5 Å². The number of hydrogen-bond acceptors (Lipinski definition) is 4. The molecule has 0 radical (unpaired) electrons. The van der Waals surface area contributed by atoms with Crippen LogP contribution in [0.25, 0.3) is 0 Å². The van der Waals surface area contributed by atoms with Crippen molar-refractivity contribution in [3.8, 4) is 0 Å². The SMILES string of the molecule is Cc1ccc(C(=O)Nc2ccc(F)c(F)c2)cc1S(=O)(=O)C1CC2CC[C@@H](C1)[C@]2(C)O. The summed E-state index contributed by atoms with van der Waals surface area (Å²) in [5.74, 6) is -2.83. The Hall–Kier alpha value is -2.32. The second-order valence-electron chi connectivity index (χ2n) is 8.90. The number of benzene rings is 2. The van der Waals surface area contributed by atoms with Crippen LogP contribution in [0.3, 0.4) is 0 Å². The summed E-state index contributed by atoms with van der Waals surface area (Å²) in [7, 11) is -3.71. The lowest BCUT2D eigenvalue weighted by atomic mass is 9.76. The van der Waals surface area contributed by atoms with Crippen LogP contribution in [0.1, 0.15) is 48.5 Å². The monoisotopic (exact) mass is 449 g/mol. The number of aliphatic hydroxyl groups is 1. The molecular formula is C23H25F2NO4S. The Kier molecular flexibility index (Phi) is 5.42. The second kappa shape index (κ2) is 7.67. The molecule has 2 bridgehead atoms. The predicted molar refractivity (Wildman–Crippen MR) is 113 cm³/mol. The first-order valence-electron chi connectivity index (χ1n) is 10.3.